The molecule has 0 atom stereocenters. The number of nitrogens with one attached hydrogen (secondary N) is 2. The van der Waals surface area contributed by atoms with Crippen molar-refractivity contribution in [1.29, 1.82) is 0 Å². The van der Waals surface area contributed by atoms with Crippen LogP contribution < -0.4 is 30.7 Å². The molecule has 2 aromatic heterocycles. The van der Waals surface area contributed by atoms with Gasteiger partial charge in [0.05, 0.1) is 51.7 Å². The number of carbonyl (C=O) groups excluding carboxylic acids is 3. The molecule has 10 rings (SSSR count). The number of phenols is 1. The van der Waals surface area contributed by atoms with Crippen LogP contribution in [-0.4, -0.2) is 88.2 Å². The van der Waals surface area contributed by atoms with Gasteiger partial charge < -0.3 is 55.2 Å². The quantitative estimate of drug-likeness (QED) is 0.0395. The molecule has 0 saturated carbocycles. The van der Waals surface area contributed by atoms with Gasteiger partial charge in [0, 0.05) is 97.5 Å². The van der Waals surface area contributed by atoms with Crippen molar-refractivity contribution >= 4 is 74.0 Å². The molecule has 1 aliphatic heterocycles. The largest absolute Gasteiger partial charge is 0.508 e. The minimum Gasteiger partial charge on any atom is -0.508 e. The van der Waals surface area contributed by atoms with E-state index in [1.165, 1.54) is 60.7 Å². The third-order valence-electron chi connectivity index (χ3n) is 13.3. The fourth-order valence-electron chi connectivity index (χ4n) is 9.26. The van der Waals surface area contributed by atoms with Crippen molar-refractivity contribution in [2.45, 2.75) is 13.1 Å². The van der Waals surface area contributed by atoms with Crippen molar-refractivity contribution in [3.05, 3.63) is 189 Å². The number of hydrogen-bond acceptors (Lipinski definition) is 13. The molecule has 0 unspecified atom stereocenters. The number of carboxylic acids is 2. The van der Waals surface area contributed by atoms with Gasteiger partial charge in [0.15, 0.2) is 5.43 Å². The van der Waals surface area contributed by atoms with E-state index in [-0.39, 0.29) is 80.3 Å². The molecule has 78 heavy (non-hydrogen) atoms. The normalized spacial score (nSPS) is 11.2. The van der Waals surface area contributed by atoms with E-state index in [0.717, 1.165) is 29.6 Å². The lowest BCUT2D eigenvalue weighted by molar-refractivity contribution is 0.0381. The zero-order valence-electron chi connectivity index (χ0n) is 41.9. The number of rotatable bonds is 14. The van der Waals surface area contributed by atoms with E-state index in [1.807, 2.05) is 74.4 Å². The third kappa shape index (κ3) is 9.53. The number of benzene rings is 7. The van der Waals surface area contributed by atoms with Crippen LogP contribution in [0.3, 0.4) is 0 Å². The maximum Gasteiger partial charge on any atom is 0.363 e. The summed E-state index contributed by atoms with van der Waals surface area (Å²) in [7, 11) is 7.65. The van der Waals surface area contributed by atoms with Crippen LogP contribution in [0.25, 0.3) is 66.5 Å². The van der Waals surface area contributed by atoms with Crippen LogP contribution in [-0.2, 0) is 13.1 Å². The second-order valence-electron chi connectivity index (χ2n) is 18.6. The molecule has 7 N–H and O–H groups in total. The average Bonchev–Trinajstić information content (AvgIpc) is 3.84. The van der Waals surface area contributed by atoms with Crippen molar-refractivity contribution in [2.24, 2.45) is 0 Å². The molecular weight excluding hydrogens is 1000 g/mol. The number of aromatic carboxylic acids is 2. The van der Waals surface area contributed by atoms with E-state index in [1.54, 1.807) is 24.3 Å². The highest BCUT2D eigenvalue weighted by molar-refractivity contribution is 6.14. The van der Waals surface area contributed by atoms with Gasteiger partial charge in [0.1, 0.15) is 17.1 Å². The number of carbonyl (C=O) groups is 5. The lowest BCUT2D eigenvalue weighted by atomic mass is 9.88. The number of amides is 2. The molecule has 19 nitrogen and oxygen atoms in total. The van der Waals surface area contributed by atoms with Crippen molar-refractivity contribution in [2.75, 3.05) is 38.0 Å². The first kappa shape index (κ1) is 50.8. The smallest absolute Gasteiger partial charge is 0.363 e. The summed E-state index contributed by atoms with van der Waals surface area (Å²) in [6.45, 7) is -0.335. The highest BCUT2D eigenvalue weighted by Crippen LogP contribution is 2.44. The summed E-state index contributed by atoms with van der Waals surface area (Å²) >= 11 is 0. The van der Waals surface area contributed by atoms with E-state index >= 15 is 0 Å². The van der Waals surface area contributed by atoms with E-state index in [9.17, 15) is 54.3 Å². The molecule has 3 heterocycles. The lowest BCUT2D eigenvalue weighted by Gasteiger charge is -2.19. The van der Waals surface area contributed by atoms with Crippen molar-refractivity contribution in [1.82, 2.24) is 15.4 Å². The van der Waals surface area contributed by atoms with Gasteiger partial charge in [-0.1, -0.05) is 24.3 Å². The van der Waals surface area contributed by atoms with E-state index < -0.39 is 46.9 Å². The number of phenolic OH excluding ortho intramolecular Hbond substituents is 1. The Balaban J connectivity index is 0.870. The van der Waals surface area contributed by atoms with Gasteiger partial charge in [-0.15, -0.1) is 4.73 Å². The van der Waals surface area contributed by atoms with Crippen LogP contribution in [0.5, 0.6) is 17.5 Å². The minimum absolute atomic E-state index is 0.00708. The van der Waals surface area contributed by atoms with Gasteiger partial charge in [-0.2, -0.15) is 0 Å². The Bertz CT molecular complexity index is 4080. The summed E-state index contributed by atoms with van der Waals surface area (Å²) in [4.78, 5) is 88.7. The van der Waals surface area contributed by atoms with E-state index in [0.29, 0.717) is 48.7 Å². The van der Waals surface area contributed by atoms with Gasteiger partial charge in [0.2, 0.25) is 11.8 Å². The second kappa shape index (κ2) is 20.2. The summed E-state index contributed by atoms with van der Waals surface area (Å²) < 4.78 is 13.1. The Hall–Kier alpha value is -10.7. The molecule has 0 saturated heterocycles. The summed E-state index contributed by atoms with van der Waals surface area (Å²) in [5.74, 6) is -6.32. The van der Waals surface area contributed by atoms with Gasteiger partial charge in [-0.25, -0.2) is 18.8 Å². The monoisotopic (exact) mass is 1050 g/mol. The van der Waals surface area contributed by atoms with Crippen molar-refractivity contribution in [3.8, 4) is 51.1 Å². The first-order valence-corrected chi connectivity index (χ1v) is 24.0. The average molecular weight is 1050 g/mol. The fourth-order valence-corrected chi connectivity index (χ4v) is 9.26. The number of anilines is 2. The molecular formula is C59H46N5O14+. The summed E-state index contributed by atoms with van der Waals surface area (Å²) in [5.41, 5.74) is 4.22. The first-order chi connectivity index (χ1) is 37.3. The van der Waals surface area contributed by atoms with Crippen LogP contribution in [0, 0.1) is 0 Å². The number of fused-ring (bicyclic) bond motifs is 4. The second-order valence-corrected chi connectivity index (χ2v) is 18.6. The standard InChI is InChI=1S/C59H45N5O14/c1-62(2)34-11-16-39-47(25-34)76-48-26-35(63(3)4)12-17-40(48)52(39)37-14-9-32(23-43(37)57(71)72)56(70)60-28-30-5-7-31(8-6-30)55(69)61-29-45-46(66)20-19-42-53(41-18-13-36(65)27-49(41)77-54(42)45)38-15-10-33(24-44(38)58(73)74)59(75)78-64-50(67)21-22-51(64)68/h5-27H,28-29H2,1-4H3,(H6-,60,61,65,66,67,68,69,70,71,72,73,74,75)/p+1. The molecule has 8 aromatic rings. The van der Waals surface area contributed by atoms with Crippen molar-refractivity contribution in [3.63, 3.8) is 0 Å². The van der Waals surface area contributed by atoms with E-state index in [4.69, 9.17) is 13.7 Å². The van der Waals surface area contributed by atoms with Crippen LogP contribution in [0.4, 0.5) is 11.4 Å². The lowest BCUT2D eigenvalue weighted by Crippen LogP contribution is -2.27. The summed E-state index contributed by atoms with van der Waals surface area (Å²) in [6.07, 6.45) is 0. The van der Waals surface area contributed by atoms with Crippen molar-refractivity contribution < 1.29 is 63.2 Å². The zero-order valence-corrected chi connectivity index (χ0v) is 41.9. The molecule has 19 heteroatoms. The Morgan fingerprint density at radius 3 is 1.69 bits per heavy atom. The Kier molecular flexibility index (Phi) is 13.2. The molecule has 0 bridgehead atoms. The van der Waals surface area contributed by atoms with Gasteiger partial charge in [0.25, 0.3) is 11.8 Å². The van der Waals surface area contributed by atoms with Gasteiger partial charge >= 0.3 is 29.1 Å². The zero-order chi connectivity index (χ0) is 55.3. The molecule has 2 aliphatic rings. The fraction of sp³-hybridized carbons (Fsp3) is 0.102. The van der Waals surface area contributed by atoms with Crippen LogP contribution in [0.15, 0.2) is 153 Å². The molecule has 0 spiro atoms. The highest BCUT2D eigenvalue weighted by atomic mass is 16.7. The predicted octanol–water partition coefficient (Wildman–Crippen LogP) is 8.99. The number of aromatic nitrogens is 1. The molecule has 2 amide bonds. The minimum atomic E-state index is -1.45. The number of nitrogens with zero attached hydrogens (tertiary/aromatic N) is 3. The molecule has 6 aromatic carbocycles. The van der Waals surface area contributed by atoms with Gasteiger partial charge in [-0.3, -0.25) is 14.4 Å². The Morgan fingerprint density at radius 1 is 0.564 bits per heavy atom. The SMILES string of the molecule is CN(C)c1ccc2c(-c3ccc(C(=O)NCc4ccc(C(=O)NCc5c6oc7cc(O)ccc7c(-c7ccc(C(=O)On8c(O)ccc8O)cc7C(=O)O)c-6ccc5=O)cc4)cc3C(=O)O)c3ccc(N(C)C)cc3[o+]c2c1. The number of carboxylic acid groups (broad SMARTS) is 2. The molecule has 1 aliphatic carbocycles. The number of hydrogen-bond donors (Lipinski definition) is 7. The van der Waals surface area contributed by atoms with Crippen LogP contribution >= 0.6 is 0 Å². The third-order valence-corrected chi connectivity index (χ3v) is 13.3. The molecule has 0 radical (unpaired) electrons. The summed E-state index contributed by atoms with van der Waals surface area (Å²) in [6, 6.07) is 34.9. The van der Waals surface area contributed by atoms with Gasteiger partial charge in [-0.05, 0) is 102 Å². The predicted molar refractivity (Wildman–Crippen MR) is 290 cm³/mol. The Labute approximate surface area is 441 Å². The number of aromatic hydroxyl groups is 3. The summed E-state index contributed by atoms with van der Waals surface area (Å²) in [5, 5.41) is 58.7. The maximum atomic E-state index is 13.6. The first-order valence-electron chi connectivity index (χ1n) is 24.0. The topological polar surface area (TPSA) is 273 Å². The molecule has 0 fully saturated rings. The van der Waals surface area contributed by atoms with E-state index in [2.05, 4.69) is 10.6 Å². The van der Waals surface area contributed by atoms with Crippen LogP contribution in [0.1, 0.15) is 62.9 Å². The Morgan fingerprint density at radius 2 is 1.09 bits per heavy atom. The maximum absolute atomic E-state index is 13.6. The van der Waals surface area contributed by atoms with Crippen LogP contribution in [0.2, 0.25) is 0 Å². The highest BCUT2D eigenvalue weighted by Gasteiger charge is 2.29. The molecule has 390 valence electrons.